The fraction of sp³-hybridized carbons (Fsp3) is 0.333. The molecule has 1 N–H and O–H groups in total. The molecule has 2 rings (SSSR count). The molecule has 19 heavy (non-hydrogen) atoms. The molecule has 100 valence electrons. The summed E-state index contributed by atoms with van der Waals surface area (Å²) in [6, 6.07) is 9.88. The van der Waals surface area contributed by atoms with E-state index in [0.29, 0.717) is 5.69 Å². The van der Waals surface area contributed by atoms with E-state index in [1.165, 1.54) is 5.56 Å². The van der Waals surface area contributed by atoms with Gasteiger partial charge < -0.3 is 5.11 Å². The SMILES string of the molecule is CC(C)(C)c1ccc(-n2ccc(CC(=O)O)n2)cc1. The van der Waals surface area contributed by atoms with Crippen LogP contribution in [0.15, 0.2) is 36.5 Å². The summed E-state index contributed by atoms with van der Waals surface area (Å²) in [5.74, 6) is -0.867. The number of carboxylic acid groups (broad SMARTS) is 1. The highest BCUT2D eigenvalue weighted by atomic mass is 16.4. The summed E-state index contributed by atoms with van der Waals surface area (Å²) >= 11 is 0. The van der Waals surface area contributed by atoms with E-state index in [2.05, 4.69) is 38.0 Å². The third kappa shape index (κ3) is 3.22. The van der Waals surface area contributed by atoms with E-state index in [1.807, 2.05) is 12.1 Å². The molecule has 0 atom stereocenters. The Morgan fingerprint density at radius 3 is 2.37 bits per heavy atom. The number of carboxylic acids is 1. The number of benzene rings is 1. The average Bonchev–Trinajstić information content (AvgIpc) is 2.75. The summed E-state index contributed by atoms with van der Waals surface area (Å²) in [4.78, 5) is 10.6. The highest BCUT2D eigenvalue weighted by molar-refractivity contribution is 5.69. The number of aromatic nitrogens is 2. The molecular formula is C15H18N2O2. The van der Waals surface area contributed by atoms with Gasteiger partial charge in [-0.3, -0.25) is 4.79 Å². The summed E-state index contributed by atoms with van der Waals surface area (Å²) in [7, 11) is 0. The van der Waals surface area contributed by atoms with Gasteiger partial charge in [0, 0.05) is 6.20 Å². The quantitative estimate of drug-likeness (QED) is 0.921. The van der Waals surface area contributed by atoms with Crippen LogP contribution in [0.1, 0.15) is 32.0 Å². The van der Waals surface area contributed by atoms with Crippen molar-refractivity contribution in [2.75, 3.05) is 0 Å². The molecule has 0 aliphatic carbocycles. The van der Waals surface area contributed by atoms with Crippen molar-refractivity contribution in [3.63, 3.8) is 0 Å². The Bertz CT molecular complexity index is 577. The number of carbonyl (C=O) groups is 1. The third-order valence-electron chi connectivity index (χ3n) is 2.97. The largest absolute Gasteiger partial charge is 0.481 e. The molecule has 2 aromatic rings. The van der Waals surface area contributed by atoms with Gasteiger partial charge in [-0.15, -0.1) is 0 Å². The summed E-state index contributed by atoms with van der Waals surface area (Å²) in [6.07, 6.45) is 1.73. The topological polar surface area (TPSA) is 55.1 Å². The van der Waals surface area contributed by atoms with Gasteiger partial charge in [-0.25, -0.2) is 4.68 Å². The normalized spacial score (nSPS) is 11.5. The molecule has 1 aromatic heterocycles. The third-order valence-corrected chi connectivity index (χ3v) is 2.97. The molecule has 0 amide bonds. The van der Waals surface area contributed by atoms with Crippen molar-refractivity contribution >= 4 is 5.97 Å². The van der Waals surface area contributed by atoms with Gasteiger partial charge in [-0.05, 0) is 29.2 Å². The fourth-order valence-corrected chi connectivity index (χ4v) is 1.87. The Balaban J connectivity index is 2.23. The highest BCUT2D eigenvalue weighted by Gasteiger charge is 2.13. The van der Waals surface area contributed by atoms with Gasteiger partial charge in [0.1, 0.15) is 0 Å². The molecule has 0 aliphatic rings. The van der Waals surface area contributed by atoms with Crippen LogP contribution < -0.4 is 0 Å². The second kappa shape index (κ2) is 4.88. The fourth-order valence-electron chi connectivity index (χ4n) is 1.87. The van der Waals surface area contributed by atoms with Crippen LogP contribution in [0.3, 0.4) is 0 Å². The molecule has 0 aliphatic heterocycles. The van der Waals surface area contributed by atoms with Crippen LogP contribution in [0.25, 0.3) is 5.69 Å². The van der Waals surface area contributed by atoms with Crippen molar-refractivity contribution in [1.29, 1.82) is 0 Å². The van der Waals surface area contributed by atoms with E-state index in [9.17, 15) is 4.79 Å². The molecule has 0 saturated heterocycles. The molecule has 0 bridgehead atoms. The Morgan fingerprint density at radius 1 is 1.21 bits per heavy atom. The van der Waals surface area contributed by atoms with Crippen molar-refractivity contribution in [1.82, 2.24) is 9.78 Å². The average molecular weight is 258 g/mol. The monoisotopic (exact) mass is 258 g/mol. The van der Waals surface area contributed by atoms with Gasteiger partial charge in [0.15, 0.2) is 0 Å². The van der Waals surface area contributed by atoms with E-state index in [1.54, 1.807) is 16.9 Å². The predicted octanol–water partition coefficient (Wildman–Crippen LogP) is 2.80. The molecule has 0 radical (unpaired) electrons. The number of hydrogen-bond donors (Lipinski definition) is 1. The molecule has 0 saturated carbocycles. The van der Waals surface area contributed by atoms with E-state index >= 15 is 0 Å². The van der Waals surface area contributed by atoms with Gasteiger partial charge >= 0.3 is 5.97 Å². The van der Waals surface area contributed by atoms with Crippen LogP contribution in [-0.2, 0) is 16.6 Å². The van der Waals surface area contributed by atoms with E-state index in [0.717, 1.165) is 5.69 Å². The first-order valence-corrected chi connectivity index (χ1v) is 6.23. The maximum atomic E-state index is 10.6. The van der Waals surface area contributed by atoms with Crippen LogP contribution >= 0.6 is 0 Å². The zero-order valence-corrected chi connectivity index (χ0v) is 11.4. The van der Waals surface area contributed by atoms with Gasteiger partial charge in [0.2, 0.25) is 0 Å². The predicted molar refractivity (Wildman–Crippen MR) is 73.6 cm³/mol. The van der Waals surface area contributed by atoms with Crippen LogP contribution in [0, 0.1) is 0 Å². The van der Waals surface area contributed by atoms with Crippen LogP contribution in [-0.4, -0.2) is 20.9 Å². The van der Waals surface area contributed by atoms with Crippen molar-refractivity contribution in [3.8, 4) is 5.69 Å². The molecule has 1 aromatic carbocycles. The summed E-state index contributed by atoms with van der Waals surface area (Å²) in [6.45, 7) is 6.50. The first-order chi connectivity index (χ1) is 8.86. The molecule has 1 heterocycles. The van der Waals surface area contributed by atoms with E-state index in [4.69, 9.17) is 5.11 Å². The van der Waals surface area contributed by atoms with Gasteiger partial charge in [-0.2, -0.15) is 5.10 Å². The number of hydrogen-bond acceptors (Lipinski definition) is 2. The van der Waals surface area contributed by atoms with Crippen molar-refractivity contribution < 1.29 is 9.90 Å². The van der Waals surface area contributed by atoms with Crippen molar-refractivity contribution in [3.05, 3.63) is 47.8 Å². The lowest BCUT2D eigenvalue weighted by Gasteiger charge is -2.19. The van der Waals surface area contributed by atoms with Crippen LogP contribution in [0.5, 0.6) is 0 Å². The lowest BCUT2D eigenvalue weighted by atomic mass is 9.87. The number of nitrogens with zero attached hydrogens (tertiary/aromatic N) is 2. The molecular weight excluding hydrogens is 240 g/mol. The standard InChI is InChI=1S/C15H18N2O2/c1-15(2,3)11-4-6-13(7-5-11)17-9-8-12(16-17)10-14(18)19/h4-9H,10H2,1-3H3,(H,18,19). The number of rotatable bonds is 3. The van der Waals surface area contributed by atoms with Gasteiger partial charge in [0.05, 0.1) is 17.8 Å². The second-order valence-electron chi connectivity index (χ2n) is 5.62. The van der Waals surface area contributed by atoms with Crippen molar-refractivity contribution in [2.45, 2.75) is 32.6 Å². The van der Waals surface area contributed by atoms with Crippen LogP contribution in [0.2, 0.25) is 0 Å². The molecule has 0 unspecified atom stereocenters. The first kappa shape index (κ1) is 13.3. The minimum atomic E-state index is -0.867. The highest BCUT2D eigenvalue weighted by Crippen LogP contribution is 2.23. The van der Waals surface area contributed by atoms with Gasteiger partial charge in [-0.1, -0.05) is 32.9 Å². The Hall–Kier alpha value is -2.10. The number of aliphatic carboxylic acids is 1. The Labute approximate surface area is 112 Å². The summed E-state index contributed by atoms with van der Waals surface area (Å²) < 4.78 is 1.70. The summed E-state index contributed by atoms with van der Waals surface area (Å²) in [5.41, 5.74) is 2.88. The molecule has 0 spiro atoms. The van der Waals surface area contributed by atoms with Gasteiger partial charge in [0.25, 0.3) is 0 Å². The second-order valence-corrected chi connectivity index (χ2v) is 5.62. The maximum absolute atomic E-state index is 10.6. The zero-order chi connectivity index (χ0) is 14.0. The lowest BCUT2D eigenvalue weighted by Crippen LogP contribution is -2.11. The van der Waals surface area contributed by atoms with E-state index in [-0.39, 0.29) is 11.8 Å². The molecule has 0 fully saturated rings. The van der Waals surface area contributed by atoms with E-state index < -0.39 is 5.97 Å². The summed E-state index contributed by atoms with van der Waals surface area (Å²) in [5, 5.41) is 13.0. The zero-order valence-electron chi connectivity index (χ0n) is 11.4. The minimum Gasteiger partial charge on any atom is -0.481 e. The molecule has 4 nitrogen and oxygen atoms in total. The first-order valence-electron chi connectivity index (χ1n) is 6.23. The van der Waals surface area contributed by atoms with Crippen molar-refractivity contribution in [2.24, 2.45) is 0 Å². The Morgan fingerprint density at radius 2 is 1.84 bits per heavy atom. The smallest absolute Gasteiger partial charge is 0.309 e. The lowest BCUT2D eigenvalue weighted by molar-refractivity contribution is -0.136. The minimum absolute atomic E-state index is 0.0485. The van der Waals surface area contributed by atoms with Crippen LogP contribution in [0.4, 0.5) is 0 Å². The maximum Gasteiger partial charge on any atom is 0.309 e. The molecule has 4 heteroatoms. The Kier molecular flexibility index (Phi) is 3.42.